The fourth-order valence-electron chi connectivity index (χ4n) is 2.52. The summed E-state index contributed by atoms with van der Waals surface area (Å²) in [6.07, 6.45) is 6.46. The summed E-state index contributed by atoms with van der Waals surface area (Å²) in [6.45, 7) is 4.13. The van der Waals surface area contributed by atoms with Crippen molar-refractivity contribution in [3.8, 4) is 6.07 Å². The van der Waals surface area contributed by atoms with Crippen molar-refractivity contribution in [1.82, 2.24) is 0 Å². The fourth-order valence-corrected chi connectivity index (χ4v) is 2.52. The van der Waals surface area contributed by atoms with Crippen molar-refractivity contribution in [2.24, 2.45) is 5.92 Å². The maximum Gasteiger partial charge on any atom is 0.0766 e. The predicted molar refractivity (Wildman–Crippen MR) is 76.8 cm³/mol. The van der Waals surface area contributed by atoms with E-state index in [0.717, 1.165) is 18.4 Å². The Kier molecular flexibility index (Phi) is 4.07. The van der Waals surface area contributed by atoms with Gasteiger partial charge in [-0.05, 0) is 43.7 Å². The lowest BCUT2D eigenvalue weighted by Gasteiger charge is -2.23. The second-order valence-electron chi connectivity index (χ2n) is 5.87. The zero-order valence-corrected chi connectivity index (χ0v) is 11.6. The molecule has 1 aromatic rings. The molecule has 0 bridgehead atoms. The molecule has 2 atom stereocenters. The van der Waals surface area contributed by atoms with Crippen LogP contribution in [0.15, 0.2) is 36.4 Å². The molecule has 1 N–H and O–H groups in total. The summed E-state index contributed by atoms with van der Waals surface area (Å²) in [5.74, 6) is 0.773. The molecule has 0 aliphatic heterocycles. The number of benzene rings is 1. The number of rotatable bonds is 3. The SMILES string of the molecule is CC(C)(C#N)c1ccc(C2C=CC(CO)CC2)cc1. The Balaban J connectivity index is 2.14. The highest BCUT2D eigenvalue weighted by atomic mass is 16.3. The molecular formula is C17H21NO. The van der Waals surface area contributed by atoms with Crippen LogP contribution in [0.5, 0.6) is 0 Å². The summed E-state index contributed by atoms with van der Waals surface area (Å²) in [6, 6.07) is 10.7. The van der Waals surface area contributed by atoms with Crippen LogP contribution < -0.4 is 0 Å². The second-order valence-corrected chi connectivity index (χ2v) is 5.87. The van der Waals surface area contributed by atoms with E-state index in [1.807, 2.05) is 13.8 Å². The fraction of sp³-hybridized carbons (Fsp3) is 0.471. The minimum absolute atomic E-state index is 0.249. The first-order valence-electron chi connectivity index (χ1n) is 6.87. The largest absolute Gasteiger partial charge is 0.396 e. The molecule has 0 spiro atoms. The molecule has 2 rings (SSSR count). The number of aliphatic hydroxyl groups excluding tert-OH is 1. The molecule has 1 aliphatic rings. The Bertz CT molecular complexity index is 493. The maximum atomic E-state index is 9.14. The van der Waals surface area contributed by atoms with Crippen molar-refractivity contribution in [2.75, 3.05) is 6.61 Å². The molecule has 19 heavy (non-hydrogen) atoms. The number of allylic oxidation sites excluding steroid dienone is 1. The normalized spacial score (nSPS) is 23.1. The smallest absolute Gasteiger partial charge is 0.0766 e. The van der Waals surface area contributed by atoms with Gasteiger partial charge in [-0.15, -0.1) is 0 Å². The summed E-state index contributed by atoms with van der Waals surface area (Å²) >= 11 is 0. The minimum Gasteiger partial charge on any atom is -0.396 e. The standard InChI is InChI=1S/C17H21NO/c1-17(2,12-18)16-9-7-15(8-10-16)14-5-3-13(11-19)4-6-14/h3,5,7-10,13-14,19H,4,6,11H2,1-2H3. The van der Waals surface area contributed by atoms with E-state index in [4.69, 9.17) is 10.4 Å². The third kappa shape index (κ3) is 3.05. The van der Waals surface area contributed by atoms with Gasteiger partial charge in [0.2, 0.25) is 0 Å². The molecule has 2 heteroatoms. The summed E-state index contributed by atoms with van der Waals surface area (Å²) in [5, 5.41) is 18.3. The molecule has 1 aromatic carbocycles. The van der Waals surface area contributed by atoms with E-state index in [-0.39, 0.29) is 6.61 Å². The van der Waals surface area contributed by atoms with Crippen LogP contribution in [-0.2, 0) is 5.41 Å². The van der Waals surface area contributed by atoms with E-state index in [2.05, 4.69) is 42.5 Å². The van der Waals surface area contributed by atoms with Crippen molar-refractivity contribution in [3.63, 3.8) is 0 Å². The Morgan fingerprint density at radius 2 is 1.89 bits per heavy atom. The number of hydrogen-bond donors (Lipinski definition) is 1. The number of nitriles is 1. The van der Waals surface area contributed by atoms with Crippen LogP contribution in [-0.4, -0.2) is 11.7 Å². The third-order valence-electron chi connectivity index (χ3n) is 4.04. The van der Waals surface area contributed by atoms with Gasteiger partial charge in [-0.3, -0.25) is 0 Å². The van der Waals surface area contributed by atoms with Gasteiger partial charge < -0.3 is 5.11 Å². The number of aliphatic hydroxyl groups is 1. The van der Waals surface area contributed by atoms with Gasteiger partial charge in [0.05, 0.1) is 11.5 Å². The van der Waals surface area contributed by atoms with Crippen LogP contribution in [0, 0.1) is 17.2 Å². The van der Waals surface area contributed by atoms with Gasteiger partial charge in [0.25, 0.3) is 0 Å². The Hall–Kier alpha value is -1.59. The van der Waals surface area contributed by atoms with Gasteiger partial charge in [-0.2, -0.15) is 5.26 Å². The van der Waals surface area contributed by atoms with Crippen molar-refractivity contribution in [1.29, 1.82) is 5.26 Å². The molecule has 100 valence electrons. The lowest BCUT2D eigenvalue weighted by molar-refractivity contribution is 0.239. The van der Waals surface area contributed by atoms with Crippen LogP contribution in [0.25, 0.3) is 0 Å². The van der Waals surface area contributed by atoms with Gasteiger partial charge in [-0.25, -0.2) is 0 Å². The first kappa shape index (κ1) is 13.8. The molecule has 0 amide bonds. The first-order chi connectivity index (χ1) is 9.06. The van der Waals surface area contributed by atoms with Gasteiger partial charge in [0.15, 0.2) is 0 Å². The monoisotopic (exact) mass is 255 g/mol. The van der Waals surface area contributed by atoms with Crippen molar-refractivity contribution >= 4 is 0 Å². The Morgan fingerprint density at radius 1 is 1.21 bits per heavy atom. The van der Waals surface area contributed by atoms with E-state index in [0.29, 0.717) is 11.8 Å². The molecule has 0 saturated heterocycles. The zero-order chi connectivity index (χ0) is 13.9. The molecule has 0 heterocycles. The highest BCUT2D eigenvalue weighted by molar-refractivity contribution is 5.35. The van der Waals surface area contributed by atoms with Gasteiger partial charge in [0, 0.05) is 12.5 Å². The van der Waals surface area contributed by atoms with Crippen LogP contribution >= 0.6 is 0 Å². The molecule has 2 unspecified atom stereocenters. The minimum atomic E-state index is -0.428. The first-order valence-corrected chi connectivity index (χ1v) is 6.87. The second kappa shape index (κ2) is 5.59. The lowest BCUT2D eigenvalue weighted by atomic mass is 9.82. The van der Waals surface area contributed by atoms with Crippen LogP contribution in [0.4, 0.5) is 0 Å². The highest BCUT2D eigenvalue weighted by Gasteiger charge is 2.21. The summed E-state index contributed by atoms with van der Waals surface area (Å²) in [7, 11) is 0. The molecule has 1 aliphatic carbocycles. The highest BCUT2D eigenvalue weighted by Crippen LogP contribution is 2.31. The van der Waals surface area contributed by atoms with Crippen LogP contribution in [0.3, 0.4) is 0 Å². The van der Waals surface area contributed by atoms with Crippen LogP contribution in [0.1, 0.15) is 43.7 Å². The zero-order valence-electron chi connectivity index (χ0n) is 11.6. The summed E-state index contributed by atoms with van der Waals surface area (Å²) in [4.78, 5) is 0. The average molecular weight is 255 g/mol. The molecule has 0 saturated carbocycles. The van der Waals surface area contributed by atoms with Gasteiger partial charge in [-0.1, -0.05) is 36.4 Å². The number of hydrogen-bond acceptors (Lipinski definition) is 2. The van der Waals surface area contributed by atoms with Crippen LogP contribution in [0.2, 0.25) is 0 Å². The summed E-state index contributed by atoms with van der Waals surface area (Å²) in [5.41, 5.74) is 1.93. The van der Waals surface area contributed by atoms with Crippen molar-refractivity contribution in [3.05, 3.63) is 47.5 Å². The predicted octanol–water partition coefficient (Wildman–Crippen LogP) is 3.53. The van der Waals surface area contributed by atoms with Crippen molar-refractivity contribution in [2.45, 2.75) is 38.0 Å². The van der Waals surface area contributed by atoms with Gasteiger partial charge >= 0.3 is 0 Å². The van der Waals surface area contributed by atoms with E-state index >= 15 is 0 Å². The molecule has 0 radical (unpaired) electrons. The third-order valence-corrected chi connectivity index (χ3v) is 4.04. The maximum absolute atomic E-state index is 9.14. The summed E-state index contributed by atoms with van der Waals surface area (Å²) < 4.78 is 0. The number of nitrogens with zero attached hydrogens (tertiary/aromatic N) is 1. The average Bonchev–Trinajstić information content (AvgIpc) is 2.47. The molecule has 2 nitrogen and oxygen atoms in total. The Labute approximate surface area is 115 Å². The quantitative estimate of drug-likeness (QED) is 0.840. The molecule has 0 fully saturated rings. The van der Waals surface area contributed by atoms with E-state index in [1.54, 1.807) is 0 Å². The Morgan fingerprint density at radius 3 is 2.37 bits per heavy atom. The van der Waals surface area contributed by atoms with E-state index < -0.39 is 5.41 Å². The molecular weight excluding hydrogens is 234 g/mol. The van der Waals surface area contributed by atoms with E-state index in [9.17, 15) is 0 Å². The van der Waals surface area contributed by atoms with Crippen molar-refractivity contribution < 1.29 is 5.11 Å². The lowest BCUT2D eigenvalue weighted by Crippen LogP contribution is -2.14. The molecule has 0 aromatic heterocycles. The van der Waals surface area contributed by atoms with Gasteiger partial charge in [0.1, 0.15) is 0 Å². The van der Waals surface area contributed by atoms with E-state index in [1.165, 1.54) is 5.56 Å². The topological polar surface area (TPSA) is 44.0 Å².